The fourth-order valence-corrected chi connectivity index (χ4v) is 3.16. The number of nitrogens with zero attached hydrogens (tertiary/aromatic N) is 3. The van der Waals surface area contributed by atoms with Crippen LogP contribution in [0.2, 0.25) is 0 Å². The van der Waals surface area contributed by atoms with Crippen LogP contribution in [-0.4, -0.2) is 25.6 Å². The molecule has 0 amide bonds. The fourth-order valence-electron chi connectivity index (χ4n) is 2.20. The molecule has 0 saturated heterocycles. The van der Waals surface area contributed by atoms with Gasteiger partial charge in [-0.15, -0.1) is 0 Å². The van der Waals surface area contributed by atoms with E-state index in [4.69, 9.17) is 5.73 Å². The predicted molar refractivity (Wildman–Crippen MR) is 69.5 cm³/mol. The zero-order valence-corrected chi connectivity index (χ0v) is 11.2. The molecule has 2 heterocycles. The molecule has 0 radical (unpaired) electrons. The Morgan fingerprint density at radius 2 is 2.22 bits per heavy atom. The average molecular weight is 311 g/mol. The Kier molecular flexibility index (Phi) is 2.19. The van der Waals surface area contributed by atoms with Crippen LogP contribution in [0.4, 0.5) is 5.82 Å². The van der Waals surface area contributed by atoms with Crippen molar-refractivity contribution in [3.63, 3.8) is 0 Å². The molecule has 94 valence electrons. The molecule has 3 N–H and O–H groups in total. The maximum absolute atomic E-state index is 11.4. The molecule has 6 nitrogen and oxygen atoms in total. The molecule has 2 aromatic rings. The number of aromatic carboxylic acids is 1. The molecule has 0 aromatic carbocycles. The Labute approximate surface area is 111 Å². The lowest BCUT2D eigenvalue weighted by Gasteiger charge is -2.13. The largest absolute Gasteiger partial charge is 0.478 e. The van der Waals surface area contributed by atoms with Crippen molar-refractivity contribution in [1.82, 2.24) is 14.5 Å². The predicted octanol–water partition coefficient (Wildman–Crippen LogP) is 1.98. The minimum Gasteiger partial charge on any atom is -0.478 e. The summed E-state index contributed by atoms with van der Waals surface area (Å²) in [6, 6.07) is 0. The summed E-state index contributed by atoms with van der Waals surface area (Å²) in [6.45, 7) is 2.07. The Morgan fingerprint density at radius 1 is 1.56 bits per heavy atom. The van der Waals surface area contributed by atoms with E-state index < -0.39 is 5.97 Å². The van der Waals surface area contributed by atoms with Crippen LogP contribution in [0.15, 0.2) is 10.9 Å². The van der Waals surface area contributed by atoms with E-state index in [1.165, 1.54) is 6.33 Å². The van der Waals surface area contributed by atoms with Gasteiger partial charge in [-0.1, -0.05) is 0 Å². The van der Waals surface area contributed by atoms with Gasteiger partial charge >= 0.3 is 5.97 Å². The maximum Gasteiger partial charge on any atom is 0.339 e. The van der Waals surface area contributed by atoms with E-state index in [0.29, 0.717) is 15.6 Å². The van der Waals surface area contributed by atoms with Gasteiger partial charge in [0.2, 0.25) is 0 Å². The van der Waals surface area contributed by atoms with Gasteiger partial charge in [0.25, 0.3) is 0 Å². The van der Waals surface area contributed by atoms with Crippen molar-refractivity contribution in [1.29, 1.82) is 0 Å². The van der Waals surface area contributed by atoms with Crippen LogP contribution in [0.5, 0.6) is 0 Å². The highest BCUT2D eigenvalue weighted by atomic mass is 79.9. The number of carboxylic acid groups (broad SMARTS) is 1. The van der Waals surface area contributed by atoms with Crippen LogP contribution in [0.1, 0.15) is 30.1 Å². The number of rotatable bonds is 2. The van der Waals surface area contributed by atoms with Crippen molar-refractivity contribution in [2.75, 3.05) is 5.73 Å². The van der Waals surface area contributed by atoms with E-state index in [1.54, 1.807) is 0 Å². The van der Waals surface area contributed by atoms with Crippen LogP contribution in [0.25, 0.3) is 11.0 Å². The minimum atomic E-state index is -1.03. The summed E-state index contributed by atoms with van der Waals surface area (Å²) in [6.07, 6.45) is 3.36. The first kappa shape index (κ1) is 11.5. The molecule has 0 spiro atoms. The number of nitrogens with two attached hydrogens (primary N) is 1. The lowest BCUT2D eigenvalue weighted by Crippen LogP contribution is -2.13. The molecule has 1 aliphatic carbocycles. The molecule has 0 atom stereocenters. The third-order valence-corrected chi connectivity index (χ3v) is 4.20. The highest BCUT2D eigenvalue weighted by Gasteiger charge is 2.43. The summed E-state index contributed by atoms with van der Waals surface area (Å²) in [7, 11) is 0. The second-order valence-electron chi connectivity index (χ2n) is 4.76. The quantitative estimate of drug-likeness (QED) is 0.884. The molecular weight excluding hydrogens is 300 g/mol. The molecule has 0 aliphatic heterocycles. The van der Waals surface area contributed by atoms with E-state index in [9.17, 15) is 9.90 Å². The van der Waals surface area contributed by atoms with Crippen LogP contribution >= 0.6 is 15.9 Å². The average Bonchev–Trinajstić information content (AvgIpc) is 2.92. The third kappa shape index (κ3) is 1.37. The van der Waals surface area contributed by atoms with Gasteiger partial charge in [-0.05, 0) is 35.7 Å². The van der Waals surface area contributed by atoms with Crippen molar-refractivity contribution in [2.24, 2.45) is 0 Å². The normalized spacial score (nSPS) is 17.0. The molecule has 0 unspecified atom stereocenters. The monoisotopic (exact) mass is 310 g/mol. The van der Waals surface area contributed by atoms with Crippen molar-refractivity contribution >= 4 is 38.8 Å². The van der Waals surface area contributed by atoms with Gasteiger partial charge in [-0.3, -0.25) is 0 Å². The first-order valence-electron chi connectivity index (χ1n) is 5.50. The van der Waals surface area contributed by atoms with Gasteiger partial charge in [0.05, 0.1) is 5.39 Å². The Balaban J connectivity index is 2.48. The van der Waals surface area contributed by atoms with Crippen molar-refractivity contribution in [3.05, 3.63) is 16.5 Å². The van der Waals surface area contributed by atoms with E-state index in [0.717, 1.165) is 12.8 Å². The molecule has 1 fully saturated rings. The molecule has 18 heavy (non-hydrogen) atoms. The number of halogens is 1. The number of anilines is 1. The molecule has 0 bridgehead atoms. The van der Waals surface area contributed by atoms with Crippen LogP contribution in [0.3, 0.4) is 0 Å². The highest BCUT2D eigenvalue weighted by molar-refractivity contribution is 9.10. The highest BCUT2D eigenvalue weighted by Crippen LogP contribution is 2.48. The van der Waals surface area contributed by atoms with Crippen LogP contribution in [-0.2, 0) is 5.54 Å². The summed E-state index contributed by atoms with van der Waals surface area (Å²) in [5.41, 5.74) is 6.43. The Bertz CT molecular complexity index is 675. The number of carboxylic acids is 1. The maximum atomic E-state index is 11.4. The van der Waals surface area contributed by atoms with E-state index >= 15 is 0 Å². The first-order chi connectivity index (χ1) is 8.46. The SMILES string of the molecule is CC1(n2c(Br)c(C(=O)O)c3c(N)ncnc32)CC1. The molecule has 1 saturated carbocycles. The van der Waals surface area contributed by atoms with Gasteiger partial charge in [0.15, 0.2) is 0 Å². The van der Waals surface area contributed by atoms with E-state index in [2.05, 4.69) is 32.8 Å². The summed E-state index contributed by atoms with van der Waals surface area (Å²) in [5, 5.41) is 9.74. The second-order valence-corrected chi connectivity index (χ2v) is 5.51. The number of hydrogen-bond acceptors (Lipinski definition) is 4. The summed E-state index contributed by atoms with van der Waals surface area (Å²) in [4.78, 5) is 19.5. The Morgan fingerprint density at radius 3 is 2.78 bits per heavy atom. The lowest BCUT2D eigenvalue weighted by molar-refractivity contribution is 0.0697. The zero-order valence-electron chi connectivity index (χ0n) is 9.64. The summed E-state index contributed by atoms with van der Waals surface area (Å²) in [5.74, 6) is -0.836. The second kappa shape index (κ2) is 3.44. The topological polar surface area (TPSA) is 94.0 Å². The first-order valence-corrected chi connectivity index (χ1v) is 6.29. The fraction of sp³-hybridized carbons (Fsp3) is 0.364. The van der Waals surface area contributed by atoms with Crippen molar-refractivity contribution in [3.8, 4) is 0 Å². The van der Waals surface area contributed by atoms with Crippen molar-refractivity contribution < 1.29 is 9.90 Å². The van der Waals surface area contributed by atoms with Gasteiger partial charge in [-0.25, -0.2) is 14.8 Å². The zero-order chi connectivity index (χ0) is 13.1. The number of hydrogen-bond donors (Lipinski definition) is 2. The molecule has 2 aromatic heterocycles. The molecule has 1 aliphatic rings. The molecule has 7 heteroatoms. The van der Waals surface area contributed by atoms with Crippen molar-refractivity contribution in [2.45, 2.75) is 25.3 Å². The van der Waals surface area contributed by atoms with E-state index in [-0.39, 0.29) is 16.9 Å². The number of aromatic nitrogens is 3. The standard InChI is InChI=1S/C11H11BrN4O2/c1-11(2-3-11)16-7(12)5(10(17)18)6-8(13)14-4-15-9(6)16/h4H,2-3H2,1H3,(H,17,18)(H2,13,14,15). The lowest BCUT2D eigenvalue weighted by atomic mass is 10.2. The minimum absolute atomic E-state index is 0.0778. The van der Waals surface area contributed by atoms with Gasteiger partial charge < -0.3 is 15.4 Å². The summed E-state index contributed by atoms with van der Waals surface area (Å²) < 4.78 is 2.42. The van der Waals surface area contributed by atoms with Crippen LogP contribution in [0, 0.1) is 0 Å². The number of carbonyl (C=O) groups is 1. The third-order valence-electron chi connectivity index (χ3n) is 3.45. The Hall–Kier alpha value is -1.63. The van der Waals surface area contributed by atoms with E-state index in [1.807, 2.05) is 4.57 Å². The molecular formula is C11H11BrN4O2. The van der Waals surface area contributed by atoms with Gasteiger partial charge in [-0.2, -0.15) is 0 Å². The number of fused-ring (bicyclic) bond motifs is 1. The number of nitrogen functional groups attached to an aromatic ring is 1. The van der Waals surface area contributed by atoms with Gasteiger partial charge in [0.1, 0.15) is 28.0 Å². The smallest absolute Gasteiger partial charge is 0.339 e. The van der Waals surface area contributed by atoms with Gasteiger partial charge in [0, 0.05) is 5.54 Å². The summed E-state index contributed by atoms with van der Waals surface area (Å²) >= 11 is 3.36. The molecule has 3 rings (SSSR count). The van der Waals surface area contributed by atoms with Crippen LogP contribution < -0.4 is 5.73 Å².